The summed E-state index contributed by atoms with van der Waals surface area (Å²) in [6, 6.07) is 14.2. The van der Waals surface area contributed by atoms with Crippen molar-refractivity contribution in [2.24, 2.45) is 12.0 Å². The van der Waals surface area contributed by atoms with Gasteiger partial charge < -0.3 is 8.99 Å². The lowest BCUT2D eigenvalue weighted by Gasteiger charge is -2.20. The quantitative estimate of drug-likeness (QED) is 0.504. The van der Waals surface area contributed by atoms with Crippen molar-refractivity contribution in [3.8, 4) is 5.75 Å². The lowest BCUT2D eigenvalue weighted by molar-refractivity contribution is 0.559. The zero-order valence-electron chi connectivity index (χ0n) is 14.9. The van der Waals surface area contributed by atoms with Gasteiger partial charge in [-0.15, -0.1) is 0 Å². The molecule has 2 aromatic carbocycles. The van der Waals surface area contributed by atoms with Crippen LogP contribution in [0.15, 0.2) is 47.5 Å². The highest BCUT2D eigenvalue weighted by Gasteiger charge is 2.18. The van der Waals surface area contributed by atoms with Crippen molar-refractivity contribution in [3.63, 3.8) is 0 Å². The third-order valence-electron chi connectivity index (χ3n) is 3.67. The van der Waals surface area contributed by atoms with Gasteiger partial charge >= 0.3 is 0 Å². The Morgan fingerprint density at radius 2 is 1.88 bits per heavy atom. The number of rotatable bonds is 4. The molecule has 0 amide bonds. The highest BCUT2D eigenvalue weighted by Crippen LogP contribution is 2.30. The van der Waals surface area contributed by atoms with Gasteiger partial charge in [0, 0.05) is 7.05 Å². The van der Waals surface area contributed by atoms with E-state index in [0.717, 1.165) is 33.9 Å². The number of fused-ring (bicyclic) bond motifs is 1. The van der Waals surface area contributed by atoms with Gasteiger partial charge in [-0.1, -0.05) is 18.2 Å². The standard InChI is InChI=1S/C19H23N3OSi/c1-14-10-11-18(23-24(3,4)5)16(12-14)20-13-19-21-15-8-6-7-9-17(15)22(19)2/h6-13H,1-5H3/b20-13+. The molecule has 0 spiro atoms. The van der Waals surface area contributed by atoms with E-state index in [-0.39, 0.29) is 0 Å². The van der Waals surface area contributed by atoms with Crippen molar-refractivity contribution in [2.45, 2.75) is 26.6 Å². The average Bonchev–Trinajstić information content (AvgIpc) is 2.83. The first-order valence-corrected chi connectivity index (χ1v) is 11.5. The summed E-state index contributed by atoms with van der Waals surface area (Å²) >= 11 is 0. The van der Waals surface area contributed by atoms with Gasteiger partial charge in [-0.3, -0.25) is 0 Å². The Morgan fingerprint density at radius 3 is 2.58 bits per heavy atom. The molecule has 124 valence electrons. The Morgan fingerprint density at radius 1 is 1.12 bits per heavy atom. The van der Waals surface area contributed by atoms with Crippen molar-refractivity contribution >= 4 is 31.3 Å². The summed E-state index contributed by atoms with van der Waals surface area (Å²) in [6.45, 7) is 8.58. The molecule has 24 heavy (non-hydrogen) atoms. The van der Waals surface area contributed by atoms with Crippen LogP contribution >= 0.6 is 0 Å². The normalized spacial score (nSPS) is 12.2. The minimum atomic E-state index is -1.69. The summed E-state index contributed by atoms with van der Waals surface area (Å²) < 4.78 is 8.21. The van der Waals surface area contributed by atoms with E-state index in [1.165, 1.54) is 0 Å². The highest BCUT2D eigenvalue weighted by atomic mass is 28.4. The van der Waals surface area contributed by atoms with E-state index in [1.807, 2.05) is 42.1 Å². The predicted octanol–water partition coefficient (Wildman–Crippen LogP) is 4.85. The molecule has 0 fully saturated rings. The lowest BCUT2D eigenvalue weighted by atomic mass is 10.2. The van der Waals surface area contributed by atoms with Crippen LogP contribution in [0.3, 0.4) is 0 Å². The second-order valence-electron chi connectivity index (χ2n) is 6.96. The van der Waals surface area contributed by atoms with Crippen molar-refractivity contribution in [1.82, 2.24) is 9.55 Å². The van der Waals surface area contributed by atoms with Gasteiger partial charge in [0.2, 0.25) is 8.32 Å². The first kappa shape index (κ1) is 16.5. The SMILES string of the molecule is Cc1ccc(O[Si](C)(C)C)c(/N=C/c2nc3ccccc3n2C)c1. The Balaban J connectivity index is 1.98. The fourth-order valence-corrected chi connectivity index (χ4v) is 3.38. The number of hydrogen-bond acceptors (Lipinski definition) is 3. The molecule has 0 N–H and O–H groups in total. The average molecular weight is 337 g/mol. The largest absolute Gasteiger partial charge is 0.543 e. The van der Waals surface area contributed by atoms with Crippen LogP contribution in [0.4, 0.5) is 5.69 Å². The Kier molecular flexibility index (Phi) is 4.28. The molecule has 3 aromatic rings. The Labute approximate surface area is 144 Å². The predicted molar refractivity (Wildman–Crippen MR) is 103 cm³/mol. The van der Waals surface area contributed by atoms with Crippen molar-refractivity contribution in [3.05, 3.63) is 53.9 Å². The van der Waals surface area contributed by atoms with E-state index < -0.39 is 8.32 Å². The van der Waals surface area contributed by atoms with Crippen molar-refractivity contribution < 1.29 is 4.43 Å². The van der Waals surface area contributed by atoms with Gasteiger partial charge in [-0.25, -0.2) is 9.98 Å². The van der Waals surface area contributed by atoms with Crippen LogP contribution in [-0.2, 0) is 7.05 Å². The third-order valence-corrected chi connectivity index (χ3v) is 4.50. The minimum absolute atomic E-state index is 0.830. The van der Waals surface area contributed by atoms with E-state index >= 15 is 0 Å². The summed E-state index contributed by atoms with van der Waals surface area (Å²) in [7, 11) is 0.319. The van der Waals surface area contributed by atoms with Crippen LogP contribution in [0.2, 0.25) is 19.6 Å². The molecule has 0 unspecified atom stereocenters. The third kappa shape index (κ3) is 3.57. The number of aliphatic imine (C=N–C) groups is 1. The molecule has 1 aromatic heterocycles. The topological polar surface area (TPSA) is 39.4 Å². The Hall–Kier alpha value is -2.40. The summed E-state index contributed by atoms with van der Waals surface area (Å²) in [5, 5.41) is 0. The molecular formula is C19H23N3OSi. The molecule has 0 saturated heterocycles. The second kappa shape index (κ2) is 6.24. The maximum Gasteiger partial charge on any atom is 0.242 e. The fourth-order valence-electron chi connectivity index (χ4n) is 2.55. The van der Waals surface area contributed by atoms with Gasteiger partial charge in [0.05, 0.1) is 17.2 Å². The number of aryl methyl sites for hydroxylation is 2. The Bertz CT molecular complexity index is 907. The highest BCUT2D eigenvalue weighted by molar-refractivity contribution is 6.70. The first-order chi connectivity index (χ1) is 11.3. The molecule has 1 heterocycles. The maximum atomic E-state index is 6.16. The summed E-state index contributed by atoms with van der Waals surface area (Å²) in [4.78, 5) is 9.30. The van der Waals surface area contributed by atoms with Crippen LogP contribution in [-0.4, -0.2) is 24.1 Å². The molecule has 0 radical (unpaired) electrons. The van der Waals surface area contributed by atoms with Crippen molar-refractivity contribution in [1.29, 1.82) is 0 Å². The maximum absolute atomic E-state index is 6.16. The molecular weight excluding hydrogens is 314 g/mol. The molecule has 4 nitrogen and oxygen atoms in total. The van der Waals surface area contributed by atoms with Gasteiger partial charge in [-0.2, -0.15) is 0 Å². The molecule has 0 aliphatic rings. The molecule has 0 saturated carbocycles. The van der Waals surface area contributed by atoms with Crippen LogP contribution in [0.1, 0.15) is 11.4 Å². The monoisotopic (exact) mass is 337 g/mol. The van der Waals surface area contributed by atoms with E-state index in [0.29, 0.717) is 0 Å². The summed E-state index contributed by atoms with van der Waals surface area (Å²) in [6.07, 6.45) is 1.81. The zero-order chi connectivity index (χ0) is 17.3. The summed E-state index contributed by atoms with van der Waals surface area (Å²) in [5.41, 5.74) is 4.09. The van der Waals surface area contributed by atoms with Crippen molar-refractivity contribution in [2.75, 3.05) is 0 Å². The van der Waals surface area contributed by atoms with Crippen LogP contribution in [0.5, 0.6) is 5.75 Å². The zero-order valence-corrected chi connectivity index (χ0v) is 15.9. The van der Waals surface area contributed by atoms with Gasteiger partial charge in [-0.05, 0) is 56.4 Å². The molecule has 0 bridgehead atoms. The minimum Gasteiger partial charge on any atom is -0.543 e. The first-order valence-electron chi connectivity index (χ1n) is 8.09. The fraction of sp³-hybridized carbons (Fsp3) is 0.263. The smallest absolute Gasteiger partial charge is 0.242 e. The van der Waals surface area contributed by atoms with Crippen LogP contribution in [0, 0.1) is 6.92 Å². The van der Waals surface area contributed by atoms with E-state index in [4.69, 9.17) is 4.43 Å². The van der Waals surface area contributed by atoms with E-state index in [1.54, 1.807) is 0 Å². The molecule has 0 atom stereocenters. The number of imidazole rings is 1. The number of para-hydroxylation sites is 2. The van der Waals surface area contributed by atoms with Gasteiger partial charge in [0.1, 0.15) is 11.4 Å². The molecule has 3 rings (SSSR count). The summed E-state index contributed by atoms with van der Waals surface area (Å²) in [5.74, 6) is 1.67. The van der Waals surface area contributed by atoms with Crippen LogP contribution in [0.25, 0.3) is 11.0 Å². The lowest BCUT2D eigenvalue weighted by Crippen LogP contribution is -2.29. The number of aromatic nitrogens is 2. The van der Waals surface area contributed by atoms with Gasteiger partial charge in [0.25, 0.3) is 0 Å². The molecule has 0 aliphatic carbocycles. The van der Waals surface area contributed by atoms with E-state index in [9.17, 15) is 0 Å². The number of nitrogens with zero attached hydrogens (tertiary/aromatic N) is 3. The van der Waals surface area contributed by atoms with Crippen LogP contribution < -0.4 is 4.43 Å². The molecule has 0 aliphatic heterocycles. The van der Waals surface area contributed by atoms with Gasteiger partial charge in [0.15, 0.2) is 5.82 Å². The number of benzene rings is 2. The molecule has 5 heteroatoms. The second-order valence-corrected chi connectivity index (χ2v) is 11.4. The number of hydrogen-bond donors (Lipinski definition) is 0. The van der Waals surface area contributed by atoms with E-state index in [2.05, 4.69) is 54.7 Å².